The van der Waals surface area contributed by atoms with E-state index in [9.17, 15) is 0 Å². The molecule has 2 N–H and O–H groups in total. The van der Waals surface area contributed by atoms with E-state index in [1.807, 2.05) is 24.5 Å². The lowest BCUT2D eigenvalue weighted by Crippen LogP contribution is -2.30. The highest BCUT2D eigenvalue weighted by Crippen LogP contribution is 2.34. The molecule has 1 aliphatic rings. The number of nitrogens with one attached hydrogen (secondary N) is 2. The number of hydrogen-bond acceptors (Lipinski definition) is 3. The van der Waals surface area contributed by atoms with Gasteiger partial charge in [0.1, 0.15) is 5.75 Å². The summed E-state index contributed by atoms with van der Waals surface area (Å²) in [5.74, 6) is 0.903. The number of aromatic amines is 1. The Balaban J connectivity index is 1.88. The highest BCUT2D eigenvalue weighted by Gasteiger charge is 2.25. The Morgan fingerprint density at radius 2 is 2.24 bits per heavy atom. The van der Waals surface area contributed by atoms with E-state index in [4.69, 9.17) is 4.74 Å². The summed E-state index contributed by atoms with van der Waals surface area (Å²) >= 11 is 0. The van der Waals surface area contributed by atoms with Crippen molar-refractivity contribution >= 4 is 10.9 Å². The van der Waals surface area contributed by atoms with Crippen molar-refractivity contribution < 1.29 is 4.74 Å². The average Bonchev–Trinajstić information content (AvgIpc) is 2.93. The van der Waals surface area contributed by atoms with Gasteiger partial charge in [0.25, 0.3) is 0 Å². The molecule has 0 amide bonds. The molecule has 2 aromatic heterocycles. The first-order valence-corrected chi connectivity index (χ1v) is 7.18. The molecule has 1 unspecified atom stereocenters. The Hall–Kier alpha value is -2.33. The smallest absolute Gasteiger partial charge is 0.119 e. The lowest BCUT2D eigenvalue weighted by atomic mass is 9.95. The van der Waals surface area contributed by atoms with E-state index in [2.05, 4.69) is 33.5 Å². The number of benzene rings is 1. The largest absolute Gasteiger partial charge is 0.497 e. The standard InChI is InChI=1S/C17H17N3O/c1-21-12-4-5-15-14(9-12)13-6-8-19-16(17(13)20-15)11-3-2-7-18-10-11/h2-5,7,9-10,16,19-20H,6,8H2,1H3. The number of methoxy groups -OCH3 is 1. The van der Waals surface area contributed by atoms with Crippen molar-refractivity contribution in [1.82, 2.24) is 15.3 Å². The highest BCUT2D eigenvalue weighted by molar-refractivity contribution is 5.86. The molecule has 4 nitrogen and oxygen atoms in total. The van der Waals surface area contributed by atoms with Gasteiger partial charge >= 0.3 is 0 Å². The molecule has 1 aromatic carbocycles. The van der Waals surface area contributed by atoms with Crippen LogP contribution in [0, 0.1) is 0 Å². The molecule has 0 fully saturated rings. The van der Waals surface area contributed by atoms with E-state index in [1.165, 1.54) is 27.7 Å². The molecule has 0 spiro atoms. The zero-order chi connectivity index (χ0) is 14.2. The maximum Gasteiger partial charge on any atom is 0.119 e. The monoisotopic (exact) mass is 279 g/mol. The van der Waals surface area contributed by atoms with Crippen molar-refractivity contribution in [2.75, 3.05) is 13.7 Å². The normalized spacial score (nSPS) is 17.7. The second kappa shape index (κ2) is 4.90. The molecule has 4 rings (SSSR count). The quantitative estimate of drug-likeness (QED) is 0.758. The minimum atomic E-state index is 0.181. The molecule has 0 bridgehead atoms. The van der Waals surface area contributed by atoms with Crippen LogP contribution in [0.5, 0.6) is 5.75 Å². The van der Waals surface area contributed by atoms with Crippen LogP contribution in [-0.4, -0.2) is 23.6 Å². The second-order valence-electron chi connectivity index (χ2n) is 5.35. The fourth-order valence-corrected chi connectivity index (χ4v) is 3.17. The summed E-state index contributed by atoms with van der Waals surface area (Å²) in [6, 6.07) is 10.5. The molecule has 3 aromatic rings. The Morgan fingerprint density at radius 3 is 3.05 bits per heavy atom. The minimum absolute atomic E-state index is 0.181. The molecule has 4 heteroatoms. The van der Waals surface area contributed by atoms with Crippen LogP contribution < -0.4 is 10.1 Å². The second-order valence-corrected chi connectivity index (χ2v) is 5.35. The van der Waals surface area contributed by atoms with Gasteiger partial charge in [-0.3, -0.25) is 4.98 Å². The van der Waals surface area contributed by atoms with Gasteiger partial charge in [0, 0.05) is 35.5 Å². The van der Waals surface area contributed by atoms with E-state index in [0.717, 1.165) is 18.7 Å². The summed E-state index contributed by atoms with van der Waals surface area (Å²) in [4.78, 5) is 7.81. The van der Waals surface area contributed by atoms with Crippen LogP contribution >= 0.6 is 0 Å². The summed E-state index contributed by atoms with van der Waals surface area (Å²) in [5.41, 5.74) is 4.99. The molecule has 0 radical (unpaired) electrons. The van der Waals surface area contributed by atoms with Crippen molar-refractivity contribution in [1.29, 1.82) is 0 Å². The Morgan fingerprint density at radius 1 is 1.29 bits per heavy atom. The van der Waals surface area contributed by atoms with Crippen LogP contribution in [0.4, 0.5) is 0 Å². The SMILES string of the molecule is COc1ccc2[nH]c3c(c2c1)CCNC3c1cccnc1. The molecule has 0 saturated carbocycles. The molecular formula is C17H17N3O. The molecule has 3 heterocycles. The van der Waals surface area contributed by atoms with Crippen LogP contribution in [0.3, 0.4) is 0 Å². The van der Waals surface area contributed by atoms with Gasteiger partial charge in [-0.15, -0.1) is 0 Å². The van der Waals surface area contributed by atoms with Crippen molar-refractivity contribution in [3.63, 3.8) is 0 Å². The van der Waals surface area contributed by atoms with Gasteiger partial charge < -0.3 is 15.0 Å². The number of aromatic nitrogens is 2. The number of fused-ring (bicyclic) bond motifs is 3. The Labute approximate surface area is 123 Å². The van der Waals surface area contributed by atoms with Crippen molar-refractivity contribution in [2.45, 2.75) is 12.5 Å². The van der Waals surface area contributed by atoms with Crippen LogP contribution in [0.15, 0.2) is 42.7 Å². The zero-order valence-electron chi connectivity index (χ0n) is 11.9. The van der Waals surface area contributed by atoms with Gasteiger partial charge in [-0.2, -0.15) is 0 Å². The van der Waals surface area contributed by atoms with E-state index >= 15 is 0 Å². The molecular weight excluding hydrogens is 262 g/mol. The Kier molecular flexibility index (Phi) is 2.89. The number of nitrogens with zero attached hydrogens (tertiary/aromatic N) is 1. The van der Waals surface area contributed by atoms with E-state index in [1.54, 1.807) is 7.11 Å². The summed E-state index contributed by atoms with van der Waals surface area (Å²) in [6.45, 7) is 0.969. The lowest BCUT2D eigenvalue weighted by molar-refractivity contribution is 0.415. The van der Waals surface area contributed by atoms with Gasteiger partial charge in [-0.25, -0.2) is 0 Å². The molecule has 21 heavy (non-hydrogen) atoms. The highest BCUT2D eigenvalue weighted by atomic mass is 16.5. The van der Waals surface area contributed by atoms with Crippen molar-refractivity contribution in [3.8, 4) is 5.75 Å². The third-order valence-corrected chi connectivity index (χ3v) is 4.18. The number of rotatable bonds is 2. The fraction of sp³-hybridized carbons (Fsp3) is 0.235. The van der Waals surface area contributed by atoms with Gasteiger partial charge in [0.2, 0.25) is 0 Å². The van der Waals surface area contributed by atoms with Crippen LogP contribution in [0.2, 0.25) is 0 Å². The van der Waals surface area contributed by atoms with E-state index in [-0.39, 0.29) is 6.04 Å². The molecule has 1 atom stereocenters. The number of ether oxygens (including phenoxy) is 1. The zero-order valence-corrected chi connectivity index (χ0v) is 11.9. The van der Waals surface area contributed by atoms with E-state index in [0.29, 0.717) is 0 Å². The van der Waals surface area contributed by atoms with Crippen molar-refractivity contribution in [3.05, 3.63) is 59.5 Å². The maximum atomic E-state index is 5.35. The van der Waals surface area contributed by atoms with Crippen LogP contribution in [0.1, 0.15) is 22.9 Å². The van der Waals surface area contributed by atoms with E-state index < -0.39 is 0 Å². The summed E-state index contributed by atoms with van der Waals surface area (Å²) in [7, 11) is 1.71. The fourth-order valence-electron chi connectivity index (χ4n) is 3.17. The van der Waals surface area contributed by atoms with Crippen molar-refractivity contribution in [2.24, 2.45) is 0 Å². The summed E-state index contributed by atoms with van der Waals surface area (Å²) in [5, 5.41) is 4.84. The first-order chi connectivity index (χ1) is 10.4. The average molecular weight is 279 g/mol. The molecule has 0 saturated heterocycles. The van der Waals surface area contributed by atoms with Gasteiger partial charge in [-0.1, -0.05) is 6.07 Å². The lowest BCUT2D eigenvalue weighted by Gasteiger charge is -2.24. The van der Waals surface area contributed by atoms with Gasteiger partial charge in [0.05, 0.1) is 13.2 Å². The predicted molar refractivity (Wildman–Crippen MR) is 82.6 cm³/mol. The van der Waals surface area contributed by atoms with Crippen LogP contribution in [0.25, 0.3) is 10.9 Å². The maximum absolute atomic E-state index is 5.35. The van der Waals surface area contributed by atoms with Gasteiger partial charge in [0.15, 0.2) is 0 Å². The predicted octanol–water partition coefficient (Wildman–Crippen LogP) is 2.81. The summed E-state index contributed by atoms with van der Waals surface area (Å²) < 4.78 is 5.35. The third kappa shape index (κ3) is 1.99. The number of H-pyrrole nitrogens is 1. The first kappa shape index (κ1) is 12.4. The molecule has 0 aliphatic carbocycles. The first-order valence-electron chi connectivity index (χ1n) is 7.18. The topological polar surface area (TPSA) is 49.9 Å². The number of pyridine rings is 1. The summed E-state index contributed by atoms with van der Waals surface area (Å²) in [6.07, 6.45) is 4.77. The van der Waals surface area contributed by atoms with Crippen LogP contribution in [-0.2, 0) is 6.42 Å². The molecule has 106 valence electrons. The molecule has 1 aliphatic heterocycles. The third-order valence-electron chi connectivity index (χ3n) is 4.18. The number of hydrogen-bond donors (Lipinski definition) is 2. The Bertz CT molecular complexity index is 779. The minimum Gasteiger partial charge on any atom is -0.497 e. The van der Waals surface area contributed by atoms with Gasteiger partial charge in [-0.05, 0) is 41.8 Å².